The number of aliphatic hydroxyl groups is 1. The van der Waals surface area contributed by atoms with Gasteiger partial charge in [0.1, 0.15) is 6.29 Å². The second-order valence-corrected chi connectivity index (χ2v) is 7.05. The lowest BCUT2D eigenvalue weighted by Crippen LogP contribution is -2.06. The van der Waals surface area contributed by atoms with Crippen molar-refractivity contribution in [2.45, 2.75) is 59.5 Å². The lowest BCUT2D eigenvalue weighted by atomic mass is 10.0. The Morgan fingerprint density at radius 3 is 2.77 bits per heavy atom. The van der Waals surface area contributed by atoms with E-state index >= 15 is 0 Å². The van der Waals surface area contributed by atoms with Gasteiger partial charge in [0.15, 0.2) is 0 Å². The predicted molar refractivity (Wildman–Crippen MR) is 94.0 cm³/mol. The van der Waals surface area contributed by atoms with E-state index in [1.165, 1.54) is 5.57 Å². The van der Waals surface area contributed by atoms with Crippen LogP contribution in [0.2, 0.25) is 0 Å². The largest absolute Gasteiger partial charge is 0.388 e. The lowest BCUT2D eigenvalue weighted by Gasteiger charge is -2.10. The zero-order valence-corrected chi connectivity index (χ0v) is 14.8. The third-order valence-electron chi connectivity index (χ3n) is 3.69. The number of thiazole rings is 1. The average molecular weight is 321 g/mol. The van der Waals surface area contributed by atoms with E-state index in [1.807, 2.05) is 32.2 Å². The van der Waals surface area contributed by atoms with Crippen LogP contribution in [0, 0.1) is 12.8 Å². The molecule has 1 rings (SSSR count). The van der Waals surface area contributed by atoms with Gasteiger partial charge in [-0.15, -0.1) is 11.3 Å². The van der Waals surface area contributed by atoms with Gasteiger partial charge >= 0.3 is 0 Å². The van der Waals surface area contributed by atoms with E-state index in [0.29, 0.717) is 6.42 Å². The summed E-state index contributed by atoms with van der Waals surface area (Å²) in [5.74, 6) is 0.144. The van der Waals surface area contributed by atoms with Crippen molar-refractivity contribution in [1.29, 1.82) is 0 Å². The zero-order chi connectivity index (χ0) is 16.5. The van der Waals surface area contributed by atoms with Gasteiger partial charge in [0.2, 0.25) is 0 Å². The first kappa shape index (κ1) is 18.8. The maximum atomic E-state index is 10.6. The number of rotatable bonds is 9. The second-order valence-electron chi connectivity index (χ2n) is 5.99. The number of aldehydes is 1. The maximum Gasteiger partial charge on any atom is 0.122 e. The molecule has 3 nitrogen and oxygen atoms in total. The molecule has 122 valence electrons. The van der Waals surface area contributed by atoms with E-state index in [2.05, 4.69) is 18.0 Å². The number of aryl methyl sites for hydroxylation is 1. The van der Waals surface area contributed by atoms with E-state index in [-0.39, 0.29) is 5.92 Å². The van der Waals surface area contributed by atoms with Crippen LogP contribution in [0.1, 0.15) is 57.2 Å². The molecular weight excluding hydrogens is 294 g/mol. The van der Waals surface area contributed by atoms with Crippen LogP contribution >= 0.6 is 11.3 Å². The number of allylic oxidation sites excluding steroid dienone is 1. The van der Waals surface area contributed by atoms with Crippen molar-refractivity contribution in [1.82, 2.24) is 4.98 Å². The van der Waals surface area contributed by atoms with Crippen LogP contribution in [0.3, 0.4) is 0 Å². The molecule has 1 N–H and O–H groups in total. The molecule has 1 unspecified atom stereocenters. The molecule has 4 heteroatoms. The van der Waals surface area contributed by atoms with Crippen molar-refractivity contribution >= 4 is 23.7 Å². The highest BCUT2D eigenvalue weighted by molar-refractivity contribution is 7.09. The van der Waals surface area contributed by atoms with Crippen molar-refractivity contribution in [3.05, 3.63) is 33.3 Å². The summed E-state index contributed by atoms with van der Waals surface area (Å²) in [6.07, 6.45) is 8.15. The van der Waals surface area contributed by atoms with Gasteiger partial charge in [-0.3, -0.25) is 0 Å². The Kier molecular flexibility index (Phi) is 8.28. The van der Waals surface area contributed by atoms with Gasteiger partial charge in [-0.05, 0) is 58.1 Å². The first-order valence-electron chi connectivity index (χ1n) is 7.81. The Morgan fingerprint density at radius 2 is 2.18 bits per heavy atom. The van der Waals surface area contributed by atoms with Crippen molar-refractivity contribution in [2.24, 2.45) is 5.92 Å². The van der Waals surface area contributed by atoms with Gasteiger partial charge in [-0.2, -0.15) is 0 Å². The number of aromatic nitrogens is 1. The molecule has 0 bridgehead atoms. The van der Waals surface area contributed by atoms with Crippen LogP contribution in [-0.2, 0) is 4.79 Å². The van der Waals surface area contributed by atoms with Crippen molar-refractivity contribution in [3.8, 4) is 0 Å². The van der Waals surface area contributed by atoms with Crippen molar-refractivity contribution in [3.63, 3.8) is 0 Å². The average Bonchev–Trinajstić information content (AvgIpc) is 2.89. The molecule has 0 radical (unpaired) electrons. The number of hydrogen-bond acceptors (Lipinski definition) is 4. The Morgan fingerprint density at radius 1 is 1.45 bits per heavy atom. The topological polar surface area (TPSA) is 50.2 Å². The van der Waals surface area contributed by atoms with E-state index in [0.717, 1.165) is 41.8 Å². The highest BCUT2D eigenvalue weighted by atomic mass is 32.1. The van der Waals surface area contributed by atoms with Gasteiger partial charge in [0, 0.05) is 11.3 Å². The molecule has 0 fully saturated rings. The summed E-state index contributed by atoms with van der Waals surface area (Å²) in [5, 5.41) is 13.2. The minimum absolute atomic E-state index is 0.144. The minimum Gasteiger partial charge on any atom is -0.388 e. The third-order valence-corrected chi connectivity index (χ3v) is 4.48. The molecule has 1 aromatic rings. The monoisotopic (exact) mass is 321 g/mol. The van der Waals surface area contributed by atoms with Crippen molar-refractivity contribution < 1.29 is 9.90 Å². The van der Waals surface area contributed by atoms with Crippen LogP contribution in [0.25, 0.3) is 6.08 Å². The SMILES string of the molecule is CC(=CC[C@H](O)/C(C)=C/c1csc(C)n1)CCCC(C)C=O. The molecule has 1 heterocycles. The first-order valence-corrected chi connectivity index (χ1v) is 8.69. The maximum absolute atomic E-state index is 10.6. The molecule has 0 aliphatic heterocycles. The smallest absolute Gasteiger partial charge is 0.122 e. The summed E-state index contributed by atoms with van der Waals surface area (Å²) < 4.78 is 0. The van der Waals surface area contributed by atoms with Crippen LogP contribution < -0.4 is 0 Å². The van der Waals surface area contributed by atoms with Crippen LogP contribution in [0.15, 0.2) is 22.6 Å². The normalized spacial score (nSPS) is 15.7. The summed E-state index contributed by atoms with van der Waals surface area (Å²) >= 11 is 1.62. The van der Waals surface area contributed by atoms with Crippen LogP contribution in [0.4, 0.5) is 0 Å². The molecule has 0 aliphatic carbocycles. The minimum atomic E-state index is -0.467. The molecule has 2 atom stereocenters. The van der Waals surface area contributed by atoms with Gasteiger partial charge < -0.3 is 9.90 Å². The Bertz CT molecular complexity index is 531. The van der Waals surface area contributed by atoms with Crippen LogP contribution in [-0.4, -0.2) is 22.5 Å². The van der Waals surface area contributed by atoms with Gasteiger partial charge in [-0.25, -0.2) is 4.98 Å². The number of aliphatic hydroxyl groups excluding tert-OH is 1. The molecule has 0 saturated heterocycles. The third kappa shape index (κ3) is 7.14. The Labute approximate surface area is 137 Å². The summed E-state index contributed by atoms with van der Waals surface area (Å²) in [6, 6.07) is 0. The molecular formula is C18H27NO2S. The molecule has 22 heavy (non-hydrogen) atoms. The van der Waals surface area contributed by atoms with E-state index < -0.39 is 6.10 Å². The summed E-state index contributed by atoms with van der Waals surface area (Å²) in [6.45, 7) is 7.95. The van der Waals surface area contributed by atoms with Gasteiger partial charge in [0.25, 0.3) is 0 Å². The number of hydrogen-bond donors (Lipinski definition) is 1. The molecule has 0 amide bonds. The van der Waals surface area contributed by atoms with Crippen LogP contribution in [0.5, 0.6) is 0 Å². The quantitative estimate of drug-likeness (QED) is 0.536. The molecule has 0 aromatic carbocycles. The number of carbonyl (C=O) groups is 1. The highest BCUT2D eigenvalue weighted by Crippen LogP contribution is 2.17. The molecule has 0 saturated carbocycles. The zero-order valence-electron chi connectivity index (χ0n) is 14.0. The van der Waals surface area contributed by atoms with Crippen molar-refractivity contribution in [2.75, 3.05) is 0 Å². The fourth-order valence-corrected chi connectivity index (χ4v) is 2.72. The summed E-state index contributed by atoms with van der Waals surface area (Å²) in [4.78, 5) is 14.9. The molecule has 0 aliphatic rings. The van der Waals surface area contributed by atoms with E-state index in [1.54, 1.807) is 11.3 Å². The summed E-state index contributed by atoms with van der Waals surface area (Å²) in [5.41, 5.74) is 3.13. The Hall–Kier alpha value is -1.26. The van der Waals surface area contributed by atoms with E-state index in [4.69, 9.17) is 0 Å². The van der Waals surface area contributed by atoms with Gasteiger partial charge in [0.05, 0.1) is 16.8 Å². The standard InChI is InChI=1S/C18H27NO2S/c1-13(6-5-7-14(2)11-20)8-9-18(21)15(3)10-17-12-22-16(4)19-17/h8,10-12,14,18,21H,5-7,9H2,1-4H3/b13-8?,15-10+/t14?,18-/m0/s1. The highest BCUT2D eigenvalue weighted by Gasteiger charge is 2.06. The predicted octanol–water partition coefficient (Wildman–Crippen LogP) is 4.56. The number of carbonyl (C=O) groups excluding carboxylic acids is 1. The number of nitrogens with zero attached hydrogens (tertiary/aromatic N) is 1. The van der Waals surface area contributed by atoms with Gasteiger partial charge in [-0.1, -0.05) is 18.6 Å². The molecule has 1 aromatic heterocycles. The lowest BCUT2D eigenvalue weighted by molar-refractivity contribution is -0.110. The fourth-order valence-electron chi connectivity index (χ4n) is 2.15. The first-order chi connectivity index (χ1) is 10.4. The second kappa shape index (κ2) is 9.70. The summed E-state index contributed by atoms with van der Waals surface area (Å²) in [7, 11) is 0. The fraction of sp³-hybridized carbons (Fsp3) is 0.556. The van der Waals surface area contributed by atoms with E-state index in [9.17, 15) is 9.90 Å². The Balaban J connectivity index is 2.43. The molecule has 0 spiro atoms.